The fourth-order valence-electron chi connectivity index (χ4n) is 1.76. The summed E-state index contributed by atoms with van der Waals surface area (Å²) in [6, 6.07) is 7.96. The number of aryl methyl sites for hydroxylation is 1. The Morgan fingerprint density at radius 3 is 2.68 bits per heavy atom. The Hall–Kier alpha value is -1.46. The molecule has 1 aromatic heterocycles. The summed E-state index contributed by atoms with van der Waals surface area (Å²) in [5.41, 5.74) is 3.01. The number of nitrogens with zero attached hydrogens (tertiary/aromatic N) is 2. The first kappa shape index (κ1) is 14.0. The zero-order chi connectivity index (χ0) is 13.8. The van der Waals surface area contributed by atoms with E-state index in [9.17, 15) is 0 Å². The molecule has 0 unspecified atom stereocenters. The first-order chi connectivity index (χ1) is 9.13. The summed E-state index contributed by atoms with van der Waals surface area (Å²) in [4.78, 5) is 9.00. The number of benzene rings is 1. The van der Waals surface area contributed by atoms with Gasteiger partial charge in [-0.1, -0.05) is 22.0 Å². The largest absolute Gasteiger partial charge is 0.378 e. The Labute approximate surface area is 121 Å². The summed E-state index contributed by atoms with van der Waals surface area (Å²) >= 11 is 3.50. The Morgan fingerprint density at radius 2 is 2.05 bits per heavy atom. The van der Waals surface area contributed by atoms with Crippen molar-refractivity contribution < 1.29 is 4.74 Å². The molecular formula is C14H16BrN3O. The van der Waals surface area contributed by atoms with Gasteiger partial charge in [0.2, 0.25) is 0 Å². The molecule has 0 saturated carbocycles. The van der Waals surface area contributed by atoms with Crippen LogP contribution in [0.25, 0.3) is 11.4 Å². The number of rotatable bonds is 4. The third kappa shape index (κ3) is 3.30. The summed E-state index contributed by atoms with van der Waals surface area (Å²) in [5.74, 6) is 1.49. The van der Waals surface area contributed by atoms with Crippen LogP contribution in [0.2, 0.25) is 0 Å². The van der Waals surface area contributed by atoms with Gasteiger partial charge < -0.3 is 10.1 Å². The molecule has 1 heterocycles. The highest BCUT2D eigenvalue weighted by Gasteiger charge is 2.07. The molecule has 19 heavy (non-hydrogen) atoms. The van der Waals surface area contributed by atoms with Crippen molar-refractivity contribution in [3.63, 3.8) is 0 Å². The molecule has 0 aliphatic carbocycles. The molecule has 2 rings (SSSR count). The molecule has 5 heteroatoms. The van der Waals surface area contributed by atoms with Gasteiger partial charge in [0, 0.05) is 30.3 Å². The zero-order valence-corrected chi connectivity index (χ0v) is 12.8. The van der Waals surface area contributed by atoms with Crippen LogP contribution in [0.1, 0.15) is 11.3 Å². The zero-order valence-electron chi connectivity index (χ0n) is 11.2. The van der Waals surface area contributed by atoms with Crippen LogP contribution in [0, 0.1) is 6.92 Å². The average Bonchev–Trinajstić information content (AvgIpc) is 2.42. The van der Waals surface area contributed by atoms with E-state index in [4.69, 9.17) is 4.74 Å². The topological polar surface area (TPSA) is 47.0 Å². The molecule has 2 aromatic rings. The Bertz CT molecular complexity index is 587. The van der Waals surface area contributed by atoms with E-state index >= 15 is 0 Å². The number of halogens is 1. The molecule has 0 amide bonds. The lowest BCUT2D eigenvalue weighted by Crippen LogP contribution is -2.02. The summed E-state index contributed by atoms with van der Waals surface area (Å²) in [5, 5.41) is 3.05. The van der Waals surface area contributed by atoms with Crippen LogP contribution in [0.3, 0.4) is 0 Å². The lowest BCUT2D eigenvalue weighted by atomic mass is 10.1. The van der Waals surface area contributed by atoms with Crippen LogP contribution in [0.4, 0.5) is 5.82 Å². The van der Waals surface area contributed by atoms with Crippen LogP contribution < -0.4 is 5.32 Å². The van der Waals surface area contributed by atoms with Crippen LogP contribution in [0.15, 0.2) is 28.7 Å². The normalized spacial score (nSPS) is 10.5. The van der Waals surface area contributed by atoms with Crippen molar-refractivity contribution in [2.75, 3.05) is 19.5 Å². The van der Waals surface area contributed by atoms with Crippen molar-refractivity contribution in [2.24, 2.45) is 0 Å². The molecule has 0 saturated heterocycles. The molecule has 1 aromatic carbocycles. The summed E-state index contributed by atoms with van der Waals surface area (Å²) in [7, 11) is 3.50. The minimum absolute atomic E-state index is 0.472. The number of hydrogen-bond donors (Lipinski definition) is 1. The van der Waals surface area contributed by atoms with Gasteiger partial charge in [-0.25, -0.2) is 9.97 Å². The first-order valence-corrected chi connectivity index (χ1v) is 6.74. The van der Waals surface area contributed by atoms with E-state index in [0.717, 1.165) is 27.1 Å². The predicted octanol–water partition coefficient (Wildman–Crippen LogP) is 3.40. The van der Waals surface area contributed by atoms with Gasteiger partial charge in [-0.05, 0) is 24.6 Å². The van der Waals surface area contributed by atoms with Gasteiger partial charge in [-0.2, -0.15) is 0 Å². The standard InChI is InChI=1S/C14H16BrN3O/c1-9-6-10(4-5-12(9)15)14-17-11(8-19-3)7-13(16-2)18-14/h4-7H,8H2,1-3H3,(H,16,17,18). The minimum Gasteiger partial charge on any atom is -0.378 e. The smallest absolute Gasteiger partial charge is 0.161 e. The average molecular weight is 322 g/mol. The van der Waals surface area contributed by atoms with Gasteiger partial charge in [0.05, 0.1) is 12.3 Å². The van der Waals surface area contributed by atoms with Crippen molar-refractivity contribution in [1.29, 1.82) is 0 Å². The monoisotopic (exact) mass is 321 g/mol. The highest BCUT2D eigenvalue weighted by atomic mass is 79.9. The van der Waals surface area contributed by atoms with E-state index in [1.165, 1.54) is 0 Å². The number of ether oxygens (including phenoxy) is 1. The van der Waals surface area contributed by atoms with Crippen LogP contribution in [-0.4, -0.2) is 24.1 Å². The van der Waals surface area contributed by atoms with Gasteiger partial charge in [0.25, 0.3) is 0 Å². The summed E-state index contributed by atoms with van der Waals surface area (Å²) in [6.45, 7) is 2.52. The SMILES string of the molecule is CNc1cc(COC)nc(-c2ccc(Br)c(C)c2)n1. The quantitative estimate of drug-likeness (QED) is 0.937. The van der Waals surface area contributed by atoms with Gasteiger partial charge in [-0.15, -0.1) is 0 Å². The number of aromatic nitrogens is 2. The minimum atomic E-state index is 0.472. The first-order valence-electron chi connectivity index (χ1n) is 5.95. The fourth-order valence-corrected chi connectivity index (χ4v) is 2.01. The van der Waals surface area contributed by atoms with Crippen LogP contribution in [0.5, 0.6) is 0 Å². The van der Waals surface area contributed by atoms with Gasteiger partial charge in [-0.3, -0.25) is 0 Å². The van der Waals surface area contributed by atoms with E-state index in [2.05, 4.69) is 37.3 Å². The van der Waals surface area contributed by atoms with E-state index < -0.39 is 0 Å². The van der Waals surface area contributed by atoms with Gasteiger partial charge >= 0.3 is 0 Å². The second-order valence-corrected chi connectivity index (χ2v) is 5.07. The molecular weight excluding hydrogens is 306 g/mol. The molecule has 4 nitrogen and oxygen atoms in total. The second kappa shape index (κ2) is 6.12. The molecule has 1 N–H and O–H groups in total. The predicted molar refractivity (Wildman–Crippen MR) is 80.2 cm³/mol. The Morgan fingerprint density at radius 1 is 1.26 bits per heavy atom. The van der Waals surface area contributed by atoms with Crippen molar-refractivity contribution in [3.8, 4) is 11.4 Å². The molecule has 0 radical (unpaired) electrons. The number of hydrogen-bond acceptors (Lipinski definition) is 4. The maximum absolute atomic E-state index is 5.14. The molecule has 0 fully saturated rings. The number of nitrogens with one attached hydrogen (secondary N) is 1. The Balaban J connectivity index is 2.47. The van der Waals surface area contributed by atoms with Crippen molar-refractivity contribution in [1.82, 2.24) is 9.97 Å². The van der Waals surface area contributed by atoms with Crippen molar-refractivity contribution >= 4 is 21.7 Å². The van der Waals surface area contributed by atoms with E-state index in [0.29, 0.717) is 12.4 Å². The molecule has 0 aliphatic rings. The maximum atomic E-state index is 5.14. The van der Waals surface area contributed by atoms with Crippen molar-refractivity contribution in [2.45, 2.75) is 13.5 Å². The lowest BCUT2D eigenvalue weighted by molar-refractivity contribution is 0.181. The van der Waals surface area contributed by atoms with Crippen LogP contribution >= 0.6 is 15.9 Å². The van der Waals surface area contributed by atoms with E-state index in [1.807, 2.05) is 32.2 Å². The fraction of sp³-hybridized carbons (Fsp3) is 0.286. The molecule has 0 bridgehead atoms. The second-order valence-electron chi connectivity index (χ2n) is 4.22. The van der Waals surface area contributed by atoms with Gasteiger partial charge in [0.1, 0.15) is 5.82 Å². The third-order valence-corrected chi connectivity index (χ3v) is 3.63. The lowest BCUT2D eigenvalue weighted by Gasteiger charge is -2.08. The Kier molecular flexibility index (Phi) is 4.50. The third-order valence-electron chi connectivity index (χ3n) is 2.74. The molecule has 0 atom stereocenters. The maximum Gasteiger partial charge on any atom is 0.161 e. The summed E-state index contributed by atoms with van der Waals surface area (Å²) < 4.78 is 6.22. The van der Waals surface area contributed by atoms with Gasteiger partial charge in [0.15, 0.2) is 5.82 Å². The highest BCUT2D eigenvalue weighted by molar-refractivity contribution is 9.10. The van der Waals surface area contributed by atoms with E-state index in [-0.39, 0.29) is 0 Å². The van der Waals surface area contributed by atoms with Crippen molar-refractivity contribution in [3.05, 3.63) is 40.0 Å². The van der Waals surface area contributed by atoms with Crippen LogP contribution in [-0.2, 0) is 11.3 Å². The molecule has 100 valence electrons. The molecule has 0 spiro atoms. The highest BCUT2D eigenvalue weighted by Crippen LogP contribution is 2.24. The summed E-state index contributed by atoms with van der Waals surface area (Å²) in [6.07, 6.45) is 0. The number of methoxy groups -OCH3 is 1. The van der Waals surface area contributed by atoms with E-state index in [1.54, 1.807) is 7.11 Å². The molecule has 0 aliphatic heterocycles. The number of anilines is 1.